The highest BCUT2D eigenvalue weighted by Crippen LogP contribution is 2.30. The van der Waals surface area contributed by atoms with Gasteiger partial charge in [-0.3, -0.25) is 4.79 Å². The Morgan fingerprint density at radius 3 is 2.62 bits per heavy atom. The average molecular weight is 320 g/mol. The lowest BCUT2D eigenvalue weighted by molar-refractivity contribution is -0.137. The Hall–Kier alpha value is -0.700. The number of ether oxygens (including phenoxy) is 1. The van der Waals surface area contributed by atoms with Crippen molar-refractivity contribution in [2.45, 2.75) is 57.2 Å². The van der Waals surface area contributed by atoms with Gasteiger partial charge in [-0.05, 0) is 26.2 Å². The number of carboxylic acids is 1. The third-order valence-electron chi connectivity index (χ3n) is 4.40. The molecule has 8 heteroatoms. The van der Waals surface area contributed by atoms with E-state index in [1.165, 1.54) is 15.7 Å². The smallest absolute Gasteiger partial charge is 0.304 e. The highest BCUT2D eigenvalue weighted by atomic mass is 32.2. The molecule has 0 bridgehead atoms. The molecule has 2 heterocycles. The number of hydrogen-bond acceptors (Lipinski definition) is 4. The molecule has 3 unspecified atom stereocenters. The van der Waals surface area contributed by atoms with Crippen molar-refractivity contribution in [3.05, 3.63) is 0 Å². The number of carboxylic acid groups (broad SMARTS) is 1. The number of carbonyl (C=O) groups is 1. The minimum Gasteiger partial charge on any atom is -0.481 e. The van der Waals surface area contributed by atoms with Gasteiger partial charge in [0, 0.05) is 32.3 Å². The van der Waals surface area contributed by atoms with Crippen LogP contribution >= 0.6 is 0 Å². The number of hydrogen-bond donors (Lipinski definition) is 1. The van der Waals surface area contributed by atoms with Gasteiger partial charge in [0.25, 0.3) is 10.2 Å². The van der Waals surface area contributed by atoms with Crippen LogP contribution in [0.5, 0.6) is 0 Å². The minimum absolute atomic E-state index is 0.0316. The summed E-state index contributed by atoms with van der Waals surface area (Å²) in [5, 5.41) is 9.00. The van der Waals surface area contributed by atoms with Gasteiger partial charge < -0.3 is 9.84 Å². The predicted molar refractivity (Wildman–Crippen MR) is 77.1 cm³/mol. The van der Waals surface area contributed by atoms with E-state index in [1.807, 2.05) is 6.92 Å². The van der Waals surface area contributed by atoms with E-state index in [1.54, 1.807) is 0 Å². The number of methoxy groups -OCH3 is 1. The summed E-state index contributed by atoms with van der Waals surface area (Å²) >= 11 is 0. The maximum atomic E-state index is 12.9. The fourth-order valence-corrected chi connectivity index (χ4v) is 5.32. The second-order valence-corrected chi connectivity index (χ2v) is 7.71. The molecule has 3 atom stereocenters. The third kappa shape index (κ3) is 3.56. The molecule has 2 rings (SSSR count). The lowest BCUT2D eigenvalue weighted by atomic mass is 10.1. The van der Waals surface area contributed by atoms with Crippen LogP contribution in [0.2, 0.25) is 0 Å². The van der Waals surface area contributed by atoms with E-state index < -0.39 is 22.2 Å². The van der Waals surface area contributed by atoms with Gasteiger partial charge in [-0.1, -0.05) is 6.42 Å². The van der Waals surface area contributed by atoms with Crippen molar-refractivity contribution >= 4 is 16.2 Å². The third-order valence-corrected chi connectivity index (χ3v) is 6.58. The molecule has 21 heavy (non-hydrogen) atoms. The molecule has 0 spiro atoms. The lowest BCUT2D eigenvalue weighted by Crippen LogP contribution is -2.51. The Bertz CT molecular complexity index is 481. The first kappa shape index (κ1) is 16.7. The zero-order valence-corrected chi connectivity index (χ0v) is 13.4. The van der Waals surface area contributed by atoms with E-state index >= 15 is 0 Å². The van der Waals surface area contributed by atoms with Crippen molar-refractivity contribution in [2.24, 2.45) is 0 Å². The lowest BCUT2D eigenvalue weighted by Gasteiger charge is -2.36. The Morgan fingerprint density at radius 2 is 2.05 bits per heavy atom. The first-order valence-corrected chi connectivity index (χ1v) is 8.79. The molecule has 0 aliphatic carbocycles. The highest BCUT2D eigenvalue weighted by Gasteiger charge is 2.44. The van der Waals surface area contributed by atoms with Crippen LogP contribution in [-0.2, 0) is 19.7 Å². The normalized spacial score (nSPS) is 32.4. The van der Waals surface area contributed by atoms with Gasteiger partial charge in [-0.25, -0.2) is 0 Å². The van der Waals surface area contributed by atoms with Gasteiger partial charge in [-0.15, -0.1) is 0 Å². The quantitative estimate of drug-likeness (QED) is 0.804. The zero-order chi connectivity index (χ0) is 15.6. The van der Waals surface area contributed by atoms with E-state index in [0.717, 1.165) is 19.3 Å². The molecule has 2 aliphatic rings. The summed E-state index contributed by atoms with van der Waals surface area (Å²) in [5.74, 6) is -0.983. The molecule has 0 aromatic rings. The molecule has 1 N–H and O–H groups in total. The second kappa shape index (κ2) is 6.60. The molecule has 122 valence electrons. The Morgan fingerprint density at radius 1 is 1.33 bits per heavy atom. The monoisotopic (exact) mass is 320 g/mol. The summed E-state index contributed by atoms with van der Waals surface area (Å²) in [6.07, 6.45) is 2.76. The molecule has 2 saturated heterocycles. The van der Waals surface area contributed by atoms with Crippen molar-refractivity contribution in [1.29, 1.82) is 0 Å². The van der Waals surface area contributed by atoms with E-state index in [9.17, 15) is 13.2 Å². The molecule has 0 saturated carbocycles. The van der Waals surface area contributed by atoms with Crippen LogP contribution in [0, 0.1) is 0 Å². The molecule has 7 nitrogen and oxygen atoms in total. The average Bonchev–Trinajstić information content (AvgIpc) is 2.82. The van der Waals surface area contributed by atoms with Crippen LogP contribution < -0.4 is 0 Å². The summed E-state index contributed by atoms with van der Waals surface area (Å²) < 4.78 is 33.8. The molecular weight excluding hydrogens is 296 g/mol. The summed E-state index contributed by atoms with van der Waals surface area (Å²) in [4.78, 5) is 11.0. The van der Waals surface area contributed by atoms with Gasteiger partial charge in [0.2, 0.25) is 0 Å². The number of aliphatic carboxylic acids is 1. The molecule has 0 aromatic heterocycles. The number of piperidine rings is 1. The Labute approximate surface area is 126 Å². The summed E-state index contributed by atoms with van der Waals surface area (Å²) in [5.41, 5.74) is 0. The highest BCUT2D eigenvalue weighted by molar-refractivity contribution is 7.86. The van der Waals surface area contributed by atoms with E-state index in [4.69, 9.17) is 9.84 Å². The number of nitrogens with zero attached hydrogens (tertiary/aromatic N) is 2. The second-order valence-electron chi connectivity index (χ2n) is 5.88. The zero-order valence-electron chi connectivity index (χ0n) is 12.6. The Balaban J connectivity index is 2.21. The van der Waals surface area contributed by atoms with Crippen LogP contribution in [0.4, 0.5) is 0 Å². The fourth-order valence-electron chi connectivity index (χ4n) is 3.23. The van der Waals surface area contributed by atoms with Crippen LogP contribution in [-0.4, -0.2) is 66.5 Å². The van der Waals surface area contributed by atoms with E-state index in [2.05, 4.69) is 0 Å². The number of rotatable bonds is 5. The molecule has 0 radical (unpaired) electrons. The van der Waals surface area contributed by atoms with Crippen LogP contribution in [0.15, 0.2) is 0 Å². The summed E-state index contributed by atoms with van der Waals surface area (Å²) in [7, 11) is -2.10. The molecule has 2 fully saturated rings. The summed E-state index contributed by atoms with van der Waals surface area (Å²) in [6, 6.07) is -0.553. The topological polar surface area (TPSA) is 87.1 Å². The Kier molecular flexibility index (Phi) is 5.24. The molecule has 0 amide bonds. The van der Waals surface area contributed by atoms with Crippen molar-refractivity contribution < 1.29 is 23.1 Å². The maximum absolute atomic E-state index is 12.9. The van der Waals surface area contributed by atoms with Crippen LogP contribution in [0.25, 0.3) is 0 Å². The van der Waals surface area contributed by atoms with Gasteiger partial charge in [0.15, 0.2) is 0 Å². The van der Waals surface area contributed by atoms with Gasteiger partial charge >= 0.3 is 5.97 Å². The van der Waals surface area contributed by atoms with Crippen LogP contribution in [0.1, 0.15) is 39.0 Å². The standard InChI is InChI=1S/C13H24N2O5S/c1-10-5-3-4-6-14(10)21(18,19)15-9-12(20-2)7-11(15)8-13(16)17/h10-12H,3-9H2,1-2H3,(H,16,17). The minimum atomic E-state index is -3.63. The van der Waals surface area contributed by atoms with Crippen molar-refractivity contribution in [2.75, 3.05) is 20.2 Å². The first-order chi connectivity index (χ1) is 9.86. The van der Waals surface area contributed by atoms with Crippen molar-refractivity contribution in [1.82, 2.24) is 8.61 Å². The SMILES string of the molecule is COC1CC(CC(=O)O)N(S(=O)(=O)N2CCCCC2C)C1. The van der Waals surface area contributed by atoms with E-state index in [0.29, 0.717) is 13.0 Å². The summed E-state index contributed by atoms with van der Waals surface area (Å²) in [6.45, 7) is 2.66. The fraction of sp³-hybridized carbons (Fsp3) is 0.923. The van der Waals surface area contributed by atoms with Gasteiger partial charge in [0.1, 0.15) is 0 Å². The van der Waals surface area contributed by atoms with Gasteiger partial charge in [0.05, 0.1) is 12.5 Å². The molecular formula is C13H24N2O5S. The largest absolute Gasteiger partial charge is 0.481 e. The van der Waals surface area contributed by atoms with Crippen molar-refractivity contribution in [3.8, 4) is 0 Å². The van der Waals surface area contributed by atoms with E-state index in [-0.39, 0.29) is 25.1 Å². The predicted octanol–water partition coefficient (Wildman–Crippen LogP) is 0.670. The first-order valence-electron chi connectivity index (χ1n) is 7.39. The van der Waals surface area contributed by atoms with Crippen molar-refractivity contribution in [3.63, 3.8) is 0 Å². The van der Waals surface area contributed by atoms with Crippen LogP contribution in [0.3, 0.4) is 0 Å². The van der Waals surface area contributed by atoms with Gasteiger partial charge in [-0.2, -0.15) is 17.0 Å². The molecule has 2 aliphatic heterocycles. The molecule has 0 aromatic carbocycles. The maximum Gasteiger partial charge on any atom is 0.304 e.